The van der Waals surface area contributed by atoms with Gasteiger partial charge in [0, 0.05) is 18.6 Å². The van der Waals surface area contributed by atoms with Gasteiger partial charge in [-0.05, 0) is 37.3 Å². The summed E-state index contributed by atoms with van der Waals surface area (Å²) >= 11 is 0. The van der Waals surface area contributed by atoms with E-state index in [0.29, 0.717) is 6.61 Å². The number of benzene rings is 1. The number of carbonyl (C=O) groups is 1. The fourth-order valence-electron chi connectivity index (χ4n) is 3.25. The van der Waals surface area contributed by atoms with Gasteiger partial charge in [-0.1, -0.05) is 24.3 Å². The second kappa shape index (κ2) is 5.54. The number of rotatable bonds is 4. The zero-order valence-corrected chi connectivity index (χ0v) is 11.8. The van der Waals surface area contributed by atoms with E-state index >= 15 is 0 Å². The molecule has 1 amide bonds. The summed E-state index contributed by atoms with van der Waals surface area (Å²) in [6.45, 7) is 2.63. The lowest BCUT2D eigenvalue weighted by molar-refractivity contribution is -0.129. The van der Waals surface area contributed by atoms with Crippen LogP contribution in [-0.4, -0.2) is 30.7 Å². The van der Waals surface area contributed by atoms with Crippen LogP contribution in [-0.2, 0) is 22.4 Å². The standard InChI is InChI=1S/C16H22N2O2/c1-2-20-14-9-13(17)15(14)18-16(19)12-7-10-5-3-4-6-11(10)8-12/h3-6,12-15H,2,7-9,17H2,1H3,(H,18,19). The molecule has 1 fully saturated rings. The number of amides is 1. The summed E-state index contributed by atoms with van der Waals surface area (Å²) in [6.07, 6.45) is 2.60. The number of ether oxygens (including phenoxy) is 1. The van der Waals surface area contributed by atoms with Crippen molar-refractivity contribution in [2.75, 3.05) is 6.61 Å². The molecular formula is C16H22N2O2. The van der Waals surface area contributed by atoms with E-state index in [4.69, 9.17) is 10.5 Å². The van der Waals surface area contributed by atoms with E-state index < -0.39 is 0 Å². The summed E-state index contributed by atoms with van der Waals surface area (Å²) in [5.41, 5.74) is 8.58. The van der Waals surface area contributed by atoms with Crippen molar-refractivity contribution < 1.29 is 9.53 Å². The molecule has 20 heavy (non-hydrogen) atoms. The molecule has 0 radical (unpaired) electrons. The Hall–Kier alpha value is -1.39. The van der Waals surface area contributed by atoms with Gasteiger partial charge >= 0.3 is 0 Å². The minimum Gasteiger partial charge on any atom is -0.376 e. The van der Waals surface area contributed by atoms with E-state index in [9.17, 15) is 4.79 Å². The highest BCUT2D eigenvalue weighted by Crippen LogP contribution is 2.28. The maximum Gasteiger partial charge on any atom is 0.224 e. The third-order valence-electron chi connectivity index (χ3n) is 4.48. The maximum atomic E-state index is 12.4. The Bertz CT molecular complexity index is 476. The number of carbonyl (C=O) groups excluding carboxylic acids is 1. The number of hydrogen-bond acceptors (Lipinski definition) is 3. The van der Waals surface area contributed by atoms with Gasteiger partial charge < -0.3 is 15.8 Å². The Morgan fingerprint density at radius 2 is 2.00 bits per heavy atom. The lowest BCUT2D eigenvalue weighted by atomic mass is 9.83. The molecule has 4 nitrogen and oxygen atoms in total. The van der Waals surface area contributed by atoms with Gasteiger partial charge in [-0.25, -0.2) is 0 Å². The molecule has 108 valence electrons. The molecule has 3 atom stereocenters. The molecule has 1 aromatic carbocycles. The van der Waals surface area contributed by atoms with Crippen molar-refractivity contribution in [2.24, 2.45) is 11.7 Å². The molecule has 3 unspecified atom stereocenters. The van der Waals surface area contributed by atoms with Crippen LogP contribution in [0.4, 0.5) is 0 Å². The van der Waals surface area contributed by atoms with Crippen molar-refractivity contribution >= 4 is 5.91 Å². The van der Waals surface area contributed by atoms with Gasteiger partial charge in [-0.3, -0.25) is 4.79 Å². The molecule has 2 aliphatic rings. The molecule has 1 aromatic rings. The van der Waals surface area contributed by atoms with Gasteiger partial charge in [-0.2, -0.15) is 0 Å². The summed E-state index contributed by atoms with van der Waals surface area (Å²) in [6, 6.07) is 8.30. The second-order valence-corrected chi connectivity index (χ2v) is 5.80. The number of nitrogens with two attached hydrogens (primary N) is 1. The highest BCUT2D eigenvalue weighted by Gasteiger charge is 2.41. The van der Waals surface area contributed by atoms with Crippen LogP contribution in [0.15, 0.2) is 24.3 Å². The van der Waals surface area contributed by atoms with Crippen LogP contribution in [0.3, 0.4) is 0 Å². The lowest BCUT2D eigenvalue weighted by Crippen LogP contribution is -2.65. The minimum atomic E-state index is -0.0221. The zero-order valence-electron chi connectivity index (χ0n) is 11.8. The fourth-order valence-corrected chi connectivity index (χ4v) is 3.25. The van der Waals surface area contributed by atoms with Crippen LogP contribution in [0.1, 0.15) is 24.5 Å². The summed E-state index contributed by atoms with van der Waals surface area (Å²) in [5, 5.41) is 3.09. The Labute approximate surface area is 119 Å². The predicted octanol–water partition coefficient (Wildman–Crippen LogP) is 1.02. The molecule has 3 rings (SSSR count). The average Bonchev–Trinajstić information content (AvgIpc) is 2.88. The van der Waals surface area contributed by atoms with Crippen LogP contribution in [0, 0.1) is 5.92 Å². The number of nitrogens with one attached hydrogen (secondary N) is 1. The number of hydrogen-bond donors (Lipinski definition) is 2. The first kappa shape index (κ1) is 13.6. The SMILES string of the molecule is CCOC1CC(N)C1NC(=O)C1Cc2ccccc2C1. The first-order valence-electron chi connectivity index (χ1n) is 7.43. The topological polar surface area (TPSA) is 64.3 Å². The van der Waals surface area contributed by atoms with Crippen LogP contribution < -0.4 is 11.1 Å². The van der Waals surface area contributed by atoms with Crippen LogP contribution >= 0.6 is 0 Å². The molecule has 0 aliphatic heterocycles. The van der Waals surface area contributed by atoms with E-state index in [1.807, 2.05) is 19.1 Å². The Balaban J connectivity index is 1.58. The van der Waals surface area contributed by atoms with E-state index in [0.717, 1.165) is 19.3 Å². The van der Waals surface area contributed by atoms with E-state index in [1.54, 1.807) is 0 Å². The summed E-state index contributed by atoms with van der Waals surface area (Å²) in [7, 11) is 0. The van der Waals surface area contributed by atoms with Gasteiger partial charge in [0.1, 0.15) is 0 Å². The van der Waals surface area contributed by atoms with Crippen LogP contribution in [0.5, 0.6) is 0 Å². The molecular weight excluding hydrogens is 252 g/mol. The van der Waals surface area contributed by atoms with Crippen molar-refractivity contribution in [3.8, 4) is 0 Å². The predicted molar refractivity (Wildman–Crippen MR) is 77.3 cm³/mol. The average molecular weight is 274 g/mol. The Morgan fingerprint density at radius 1 is 1.35 bits per heavy atom. The molecule has 0 aromatic heterocycles. The van der Waals surface area contributed by atoms with Crippen LogP contribution in [0.25, 0.3) is 0 Å². The van der Waals surface area contributed by atoms with E-state index in [1.165, 1.54) is 11.1 Å². The summed E-state index contributed by atoms with van der Waals surface area (Å²) in [5.74, 6) is 0.161. The zero-order chi connectivity index (χ0) is 14.1. The minimum absolute atomic E-state index is 0.0221. The highest BCUT2D eigenvalue weighted by atomic mass is 16.5. The third-order valence-corrected chi connectivity index (χ3v) is 4.48. The fraction of sp³-hybridized carbons (Fsp3) is 0.562. The molecule has 0 bridgehead atoms. The van der Waals surface area contributed by atoms with Crippen LogP contribution in [0.2, 0.25) is 0 Å². The Kier molecular flexibility index (Phi) is 3.76. The smallest absolute Gasteiger partial charge is 0.224 e. The molecule has 3 N–H and O–H groups in total. The van der Waals surface area contributed by atoms with Crippen molar-refractivity contribution in [1.82, 2.24) is 5.32 Å². The van der Waals surface area contributed by atoms with Crippen molar-refractivity contribution in [3.63, 3.8) is 0 Å². The second-order valence-electron chi connectivity index (χ2n) is 5.80. The van der Waals surface area contributed by atoms with Gasteiger partial charge in [0.2, 0.25) is 5.91 Å². The number of fused-ring (bicyclic) bond motifs is 1. The largest absolute Gasteiger partial charge is 0.376 e. The van der Waals surface area contributed by atoms with Gasteiger partial charge in [0.05, 0.1) is 12.1 Å². The molecule has 0 spiro atoms. The third kappa shape index (κ3) is 2.45. The van der Waals surface area contributed by atoms with E-state index in [-0.39, 0.29) is 30.0 Å². The van der Waals surface area contributed by atoms with Gasteiger partial charge in [0.25, 0.3) is 0 Å². The quantitative estimate of drug-likeness (QED) is 0.861. The van der Waals surface area contributed by atoms with Crippen molar-refractivity contribution in [3.05, 3.63) is 35.4 Å². The van der Waals surface area contributed by atoms with Gasteiger partial charge in [0.15, 0.2) is 0 Å². The monoisotopic (exact) mass is 274 g/mol. The summed E-state index contributed by atoms with van der Waals surface area (Å²) < 4.78 is 5.59. The molecule has 1 saturated carbocycles. The molecule has 0 heterocycles. The molecule has 0 saturated heterocycles. The first-order valence-corrected chi connectivity index (χ1v) is 7.43. The molecule has 2 aliphatic carbocycles. The normalized spacial score (nSPS) is 28.8. The summed E-state index contributed by atoms with van der Waals surface area (Å²) in [4.78, 5) is 12.4. The first-order chi connectivity index (χ1) is 9.69. The molecule has 4 heteroatoms. The highest BCUT2D eigenvalue weighted by molar-refractivity contribution is 5.80. The maximum absolute atomic E-state index is 12.4. The van der Waals surface area contributed by atoms with Crippen molar-refractivity contribution in [2.45, 2.75) is 44.4 Å². The lowest BCUT2D eigenvalue weighted by Gasteiger charge is -2.42. The van der Waals surface area contributed by atoms with Crippen molar-refractivity contribution in [1.29, 1.82) is 0 Å². The Morgan fingerprint density at radius 3 is 2.55 bits per heavy atom. The van der Waals surface area contributed by atoms with E-state index in [2.05, 4.69) is 17.4 Å². The van der Waals surface area contributed by atoms with Gasteiger partial charge in [-0.15, -0.1) is 0 Å².